The van der Waals surface area contributed by atoms with Crippen molar-refractivity contribution >= 4 is 8.51 Å². The molecule has 0 aromatic carbocycles. The van der Waals surface area contributed by atoms with Crippen LogP contribution in [0.1, 0.15) is 37.3 Å². The van der Waals surface area contributed by atoms with Gasteiger partial charge in [-0.05, 0) is 12.8 Å². The van der Waals surface area contributed by atoms with Crippen molar-refractivity contribution in [2.45, 2.75) is 31.6 Å². The molecule has 0 saturated heterocycles. The first-order chi connectivity index (χ1) is 4.97. The molecule has 0 amide bonds. The quantitative estimate of drug-likeness (QED) is 0.619. The van der Waals surface area contributed by atoms with Gasteiger partial charge in [0.1, 0.15) is 0 Å². The summed E-state index contributed by atoms with van der Waals surface area (Å²) in [4.78, 5) is 0. The number of aromatic nitrogens is 2. The minimum atomic E-state index is 0.473. The molecule has 1 aliphatic rings. The summed E-state index contributed by atoms with van der Waals surface area (Å²) in [6.45, 7) is 0. The molecule has 3 heteroatoms. The fraction of sp³-hybridized carbons (Fsp3) is 0.714. The molecular formula is C7H11N2P. The van der Waals surface area contributed by atoms with E-state index >= 15 is 0 Å². The molecule has 1 heterocycles. The molecule has 0 spiro atoms. The van der Waals surface area contributed by atoms with Gasteiger partial charge in [0, 0.05) is 5.92 Å². The average molecular weight is 154 g/mol. The Morgan fingerprint density at radius 1 is 1.40 bits per heavy atom. The standard InChI is InChI=1S/C7H11N2P/c1-2-4-6(3-1)7-5-8-10-9-7/h5-6,10H,1-4H2. The fourth-order valence-electron chi connectivity index (χ4n) is 1.63. The lowest BCUT2D eigenvalue weighted by Crippen LogP contribution is -1.90. The highest BCUT2D eigenvalue weighted by atomic mass is 31.1. The third-order valence-electron chi connectivity index (χ3n) is 2.21. The zero-order valence-electron chi connectivity index (χ0n) is 5.88. The summed E-state index contributed by atoms with van der Waals surface area (Å²) < 4.78 is 8.45. The number of hydrogen-bond acceptors (Lipinski definition) is 2. The first-order valence-corrected chi connectivity index (χ1v) is 4.72. The molecule has 0 radical (unpaired) electrons. The normalized spacial score (nSPS) is 20.8. The highest BCUT2D eigenvalue weighted by Crippen LogP contribution is 2.33. The topological polar surface area (TPSA) is 25.8 Å². The second-order valence-corrected chi connectivity index (χ2v) is 3.56. The molecule has 1 saturated carbocycles. The van der Waals surface area contributed by atoms with Crippen LogP contribution in [0.15, 0.2) is 6.20 Å². The third-order valence-corrected chi connectivity index (χ3v) is 2.81. The lowest BCUT2D eigenvalue weighted by atomic mass is 10.1. The minimum absolute atomic E-state index is 0.473. The maximum absolute atomic E-state index is 4.34. The SMILES string of the molecule is c1n[pH]nc1C1CCCC1. The monoisotopic (exact) mass is 154 g/mol. The van der Waals surface area contributed by atoms with Gasteiger partial charge in [-0.1, -0.05) is 12.8 Å². The highest BCUT2D eigenvalue weighted by molar-refractivity contribution is 7.20. The second kappa shape index (κ2) is 2.71. The predicted octanol–water partition coefficient (Wildman–Crippen LogP) is 2.17. The predicted molar refractivity (Wildman–Crippen MR) is 42.7 cm³/mol. The Morgan fingerprint density at radius 3 is 2.80 bits per heavy atom. The third kappa shape index (κ3) is 1.08. The van der Waals surface area contributed by atoms with Gasteiger partial charge in [0.05, 0.1) is 20.4 Å². The number of nitrogens with zero attached hydrogens (tertiary/aromatic N) is 2. The molecule has 1 fully saturated rings. The van der Waals surface area contributed by atoms with Crippen LogP contribution in [0.2, 0.25) is 0 Å². The number of rotatable bonds is 1. The van der Waals surface area contributed by atoms with E-state index in [9.17, 15) is 0 Å². The summed E-state index contributed by atoms with van der Waals surface area (Å²) in [7, 11) is 0.473. The second-order valence-electron chi connectivity index (χ2n) is 2.88. The molecule has 1 unspecified atom stereocenters. The van der Waals surface area contributed by atoms with Gasteiger partial charge in [0.25, 0.3) is 0 Å². The van der Waals surface area contributed by atoms with Gasteiger partial charge < -0.3 is 0 Å². The van der Waals surface area contributed by atoms with Crippen molar-refractivity contribution in [3.05, 3.63) is 11.9 Å². The maximum atomic E-state index is 4.34. The van der Waals surface area contributed by atoms with Crippen molar-refractivity contribution in [1.82, 2.24) is 9.49 Å². The van der Waals surface area contributed by atoms with Crippen molar-refractivity contribution in [3.63, 3.8) is 0 Å². The van der Waals surface area contributed by atoms with E-state index < -0.39 is 0 Å². The van der Waals surface area contributed by atoms with E-state index in [-0.39, 0.29) is 0 Å². The van der Waals surface area contributed by atoms with E-state index in [2.05, 4.69) is 9.49 Å². The smallest absolute Gasteiger partial charge is 0.0677 e. The summed E-state index contributed by atoms with van der Waals surface area (Å²) in [5, 5.41) is 0. The van der Waals surface area contributed by atoms with Crippen LogP contribution >= 0.6 is 8.51 Å². The summed E-state index contributed by atoms with van der Waals surface area (Å²) in [5.74, 6) is 0.763. The Labute approximate surface area is 62.3 Å². The largest absolute Gasteiger partial charge is 0.228 e. The van der Waals surface area contributed by atoms with Crippen LogP contribution in [0.4, 0.5) is 0 Å². The molecule has 0 aliphatic heterocycles. The Kier molecular flexibility index (Phi) is 1.72. The lowest BCUT2D eigenvalue weighted by molar-refractivity contribution is 0.705. The molecule has 0 N–H and O–H groups in total. The van der Waals surface area contributed by atoms with Crippen LogP contribution < -0.4 is 0 Å². The fourth-order valence-corrected chi connectivity index (χ4v) is 2.23. The average Bonchev–Trinajstić information content (AvgIpc) is 2.59. The Bertz CT molecular complexity index is 189. The maximum Gasteiger partial charge on any atom is 0.0677 e. The van der Waals surface area contributed by atoms with Gasteiger partial charge in [-0.15, -0.1) is 0 Å². The minimum Gasteiger partial charge on any atom is -0.228 e. The van der Waals surface area contributed by atoms with Gasteiger partial charge in [0.2, 0.25) is 0 Å². The summed E-state index contributed by atoms with van der Waals surface area (Å²) >= 11 is 0. The zero-order chi connectivity index (χ0) is 6.81. The van der Waals surface area contributed by atoms with E-state index in [0.717, 1.165) is 5.92 Å². The molecule has 1 aliphatic carbocycles. The summed E-state index contributed by atoms with van der Waals surface area (Å²) in [6.07, 6.45) is 7.43. The van der Waals surface area contributed by atoms with Gasteiger partial charge in [-0.2, -0.15) is 0 Å². The summed E-state index contributed by atoms with van der Waals surface area (Å²) in [6, 6.07) is 0. The molecule has 54 valence electrons. The number of hydrogen-bond donors (Lipinski definition) is 0. The first-order valence-electron chi connectivity index (χ1n) is 3.82. The van der Waals surface area contributed by atoms with Crippen LogP contribution in [-0.2, 0) is 0 Å². The molecule has 0 bridgehead atoms. The van der Waals surface area contributed by atoms with Gasteiger partial charge >= 0.3 is 0 Å². The molecule has 10 heavy (non-hydrogen) atoms. The van der Waals surface area contributed by atoms with E-state index in [1.54, 1.807) is 0 Å². The zero-order valence-corrected chi connectivity index (χ0v) is 6.88. The Balaban J connectivity index is 2.12. The van der Waals surface area contributed by atoms with Crippen molar-refractivity contribution in [1.29, 1.82) is 0 Å². The van der Waals surface area contributed by atoms with Crippen LogP contribution in [0.25, 0.3) is 0 Å². The van der Waals surface area contributed by atoms with E-state index in [0.29, 0.717) is 8.51 Å². The lowest BCUT2D eigenvalue weighted by Gasteiger charge is -2.01. The van der Waals surface area contributed by atoms with Crippen molar-refractivity contribution in [2.75, 3.05) is 0 Å². The molecule has 1 atom stereocenters. The molecule has 2 nitrogen and oxygen atoms in total. The molecule has 2 rings (SSSR count). The van der Waals surface area contributed by atoms with Crippen LogP contribution in [0.5, 0.6) is 0 Å². The summed E-state index contributed by atoms with van der Waals surface area (Å²) in [5.41, 5.74) is 1.27. The molecule has 1 aromatic heterocycles. The van der Waals surface area contributed by atoms with Gasteiger partial charge in [0.15, 0.2) is 0 Å². The Morgan fingerprint density at radius 2 is 2.20 bits per heavy atom. The van der Waals surface area contributed by atoms with Crippen molar-refractivity contribution in [2.24, 2.45) is 0 Å². The molecular weight excluding hydrogens is 143 g/mol. The van der Waals surface area contributed by atoms with Crippen LogP contribution in [-0.4, -0.2) is 9.49 Å². The van der Waals surface area contributed by atoms with E-state index in [1.165, 1.54) is 31.4 Å². The highest BCUT2D eigenvalue weighted by Gasteiger charge is 2.18. The van der Waals surface area contributed by atoms with E-state index in [4.69, 9.17) is 0 Å². The van der Waals surface area contributed by atoms with Crippen LogP contribution in [0, 0.1) is 0 Å². The van der Waals surface area contributed by atoms with E-state index in [1.807, 2.05) is 6.20 Å². The van der Waals surface area contributed by atoms with Crippen molar-refractivity contribution in [3.8, 4) is 0 Å². The van der Waals surface area contributed by atoms with Crippen molar-refractivity contribution < 1.29 is 0 Å². The van der Waals surface area contributed by atoms with Crippen LogP contribution in [0.3, 0.4) is 0 Å². The molecule has 1 aromatic rings. The van der Waals surface area contributed by atoms with Gasteiger partial charge in [-0.3, -0.25) is 0 Å². The first kappa shape index (κ1) is 6.36. The Hall–Kier alpha value is -0.360. The van der Waals surface area contributed by atoms with Gasteiger partial charge in [-0.25, -0.2) is 9.49 Å².